The SMILES string of the molecule is CCCn1c(-c2cccc(Br)c2)nc2nc3ccccc3nc21. The van der Waals surface area contributed by atoms with Crippen molar-refractivity contribution in [2.24, 2.45) is 0 Å². The van der Waals surface area contributed by atoms with E-state index in [1.165, 1.54) is 0 Å². The topological polar surface area (TPSA) is 43.6 Å². The first-order chi connectivity index (χ1) is 11.3. The highest BCUT2D eigenvalue weighted by atomic mass is 79.9. The van der Waals surface area contributed by atoms with E-state index < -0.39 is 0 Å². The molecular weight excluding hydrogens is 352 g/mol. The summed E-state index contributed by atoms with van der Waals surface area (Å²) in [6.45, 7) is 3.02. The number of nitrogens with zero attached hydrogens (tertiary/aromatic N) is 4. The van der Waals surface area contributed by atoms with E-state index in [2.05, 4.69) is 44.5 Å². The van der Waals surface area contributed by atoms with E-state index in [1.807, 2.05) is 36.4 Å². The molecule has 0 aliphatic heterocycles. The van der Waals surface area contributed by atoms with Crippen LogP contribution in [0.4, 0.5) is 0 Å². The van der Waals surface area contributed by atoms with Gasteiger partial charge in [0.1, 0.15) is 5.82 Å². The van der Waals surface area contributed by atoms with Gasteiger partial charge in [0.2, 0.25) is 0 Å². The second-order valence-corrected chi connectivity index (χ2v) is 6.37. The minimum absolute atomic E-state index is 0.701. The summed E-state index contributed by atoms with van der Waals surface area (Å²) in [7, 11) is 0. The zero-order valence-electron chi connectivity index (χ0n) is 12.7. The lowest BCUT2D eigenvalue weighted by atomic mass is 10.2. The predicted molar refractivity (Wildman–Crippen MR) is 96.3 cm³/mol. The number of benzene rings is 2. The molecule has 0 fully saturated rings. The maximum Gasteiger partial charge on any atom is 0.198 e. The Bertz CT molecular complexity index is 1010. The molecule has 0 radical (unpaired) electrons. The molecule has 0 bridgehead atoms. The van der Waals surface area contributed by atoms with Crippen LogP contribution in [0.25, 0.3) is 33.7 Å². The van der Waals surface area contributed by atoms with Gasteiger partial charge in [-0.1, -0.05) is 47.1 Å². The van der Waals surface area contributed by atoms with Crippen LogP contribution in [0, 0.1) is 0 Å². The fourth-order valence-corrected chi connectivity index (χ4v) is 3.18. The van der Waals surface area contributed by atoms with Crippen molar-refractivity contribution in [3.8, 4) is 11.4 Å². The molecule has 114 valence electrons. The fourth-order valence-electron chi connectivity index (χ4n) is 2.78. The number of imidazole rings is 1. The van der Waals surface area contributed by atoms with Gasteiger partial charge in [0.15, 0.2) is 11.3 Å². The Morgan fingerprint density at radius 2 is 1.74 bits per heavy atom. The summed E-state index contributed by atoms with van der Waals surface area (Å²) < 4.78 is 3.20. The lowest BCUT2D eigenvalue weighted by molar-refractivity contribution is 0.699. The second-order valence-electron chi connectivity index (χ2n) is 5.46. The molecule has 0 amide bonds. The summed E-state index contributed by atoms with van der Waals surface area (Å²) in [4.78, 5) is 14.2. The minimum Gasteiger partial charge on any atom is -0.307 e. The highest BCUT2D eigenvalue weighted by molar-refractivity contribution is 9.10. The molecule has 0 N–H and O–H groups in total. The largest absolute Gasteiger partial charge is 0.307 e. The highest BCUT2D eigenvalue weighted by Gasteiger charge is 2.15. The second kappa shape index (κ2) is 5.74. The Morgan fingerprint density at radius 1 is 0.957 bits per heavy atom. The molecule has 4 aromatic rings. The number of para-hydroxylation sites is 2. The Morgan fingerprint density at radius 3 is 2.48 bits per heavy atom. The maximum atomic E-state index is 4.79. The lowest BCUT2D eigenvalue weighted by Gasteiger charge is -2.07. The predicted octanol–water partition coefficient (Wildman–Crippen LogP) is 4.82. The van der Waals surface area contributed by atoms with Crippen molar-refractivity contribution in [2.75, 3.05) is 0 Å². The van der Waals surface area contributed by atoms with Crippen LogP contribution < -0.4 is 0 Å². The van der Waals surface area contributed by atoms with Crippen LogP contribution in [0.3, 0.4) is 0 Å². The maximum absolute atomic E-state index is 4.79. The van der Waals surface area contributed by atoms with Crippen molar-refractivity contribution in [1.29, 1.82) is 0 Å². The molecule has 2 aromatic carbocycles. The molecule has 2 heterocycles. The fraction of sp³-hybridized carbons (Fsp3) is 0.167. The van der Waals surface area contributed by atoms with E-state index in [9.17, 15) is 0 Å². The van der Waals surface area contributed by atoms with Gasteiger partial charge in [0, 0.05) is 16.6 Å². The van der Waals surface area contributed by atoms with E-state index in [1.54, 1.807) is 0 Å². The third kappa shape index (κ3) is 2.51. The monoisotopic (exact) mass is 366 g/mol. The van der Waals surface area contributed by atoms with Crippen molar-refractivity contribution in [3.63, 3.8) is 0 Å². The third-order valence-electron chi connectivity index (χ3n) is 3.79. The van der Waals surface area contributed by atoms with Crippen molar-refractivity contribution in [2.45, 2.75) is 19.9 Å². The molecule has 5 heteroatoms. The average Bonchev–Trinajstić information content (AvgIpc) is 2.91. The first-order valence-electron chi connectivity index (χ1n) is 7.65. The number of rotatable bonds is 3. The van der Waals surface area contributed by atoms with Gasteiger partial charge >= 0.3 is 0 Å². The molecule has 0 unspecified atom stereocenters. The van der Waals surface area contributed by atoms with E-state index in [4.69, 9.17) is 9.97 Å². The van der Waals surface area contributed by atoms with Gasteiger partial charge in [-0.05, 0) is 30.7 Å². The quantitative estimate of drug-likeness (QED) is 0.522. The van der Waals surface area contributed by atoms with Crippen molar-refractivity contribution >= 4 is 38.3 Å². The molecular formula is C18H15BrN4. The Labute approximate surface area is 142 Å². The van der Waals surface area contributed by atoms with Gasteiger partial charge in [-0.3, -0.25) is 0 Å². The summed E-state index contributed by atoms with van der Waals surface area (Å²) in [6, 6.07) is 16.1. The first-order valence-corrected chi connectivity index (χ1v) is 8.44. The molecule has 23 heavy (non-hydrogen) atoms. The molecule has 0 atom stereocenters. The molecule has 4 nitrogen and oxygen atoms in total. The van der Waals surface area contributed by atoms with Crippen LogP contribution in [0.1, 0.15) is 13.3 Å². The summed E-state index contributed by atoms with van der Waals surface area (Å²) >= 11 is 3.53. The van der Waals surface area contributed by atoms with Gasteiger partial charge < -0.3 is 4.57 Å². The van der Waals surface area contributed by atoms with E-state index in [0.717, 1.165) is 45.5 Å². The van der Waals surface area contributed by atoms with Crippen LogP contribution in [0.2, 0.25) is 0 Å². The molecule has 0 aliphatic carbocycles. The highest BCUT2D eigenvalue weighted by Crippen LogP contribution is 2.26. The van der Waals surface area contributed by atoms with Gasteiger partial charge in [-0.2, -0.15) is 0 Å². The zero-order chi connectivity index (χ0) is 15.8. The molecule has 0 aliphatic rings. The molecule has 4 rings (SSSR count). The lowest BCUT2D eigenvalue weighted by Crippen LogP contribution is -2.01. The van der Waals surface area contributed by atoms with Gasteiger partial charge in [0.05, 0.1) is 11.0 Å². The first kappa shape index (κ1) is 14.3. The van der Waals surface area contributed by atoms with E-state index in [0.29, 0.717) is 5.65 Å². The summed E-state index contributed by atoms with van der Waals surface area (Å²) in [5, 5.41) is 0. The third-order valence-corrected chi connectivity index (χ3v) is 4.28. The number of fused-ring (bicyclic) bond motifs is 2. The van der Waals surface area contributed by atoms with Crippen molar-refractivity contribution in [3.05, 3.63) is 53.0 Å². The Balaban J connectivity index is 2.03. The van der Waals surface area contributed by atoms with E-state index in [-0.39, 0.29) is 0 Å². The van der Waals surface area contributed by atoms with Crippen molar-refractivity contribution < 1.29 is 0 Å². The summed E-state index contributed by atoms with van der Waals surface area (Å²) in [6.07, 6.45) is 1.01. The smallest absolute Gasteiger partial charge is 0.198 e. The number of aryl methyl sites for hydroxylation is 1. The Kier molecular flexibility index (Phi) is 3.58. The zero-order valence-corrected chi connectivity index (χ0v) is 14.3. The van der Waals surface area contributed by atoms with Crippen LogP contribution in [-0.4, -0.2) is 19.5 Å². The van der Waals surface area contributed by atoms with Gasteiger partial charge in [-0.25, -0.2) is 15.0 Å². The van der Waals surface area contributed by atoms with Crippen LogP contribution >= 0.6 is 15.9 Å². The summed E-state index contributed by atoms with van der Waals surface area (Å²) in [5.74, 6) is 0.915. The van der Waals surface area contributed by atoms with E-state index >= 15 is 0 Å². The molecule has 0 saturated heterocycles. The normalized spacial score (nSPS) is 11.4. The standard InChI is InChI=1S/C18H15BrN4/c1-2-10-23-17(12-6-5-7-13(19)11-12)22-16-18(23)21-15-9-4-3-8-14(15)20-16/h3-9,11H,2,10H2,1H3. The summed E-state index contributed by atoms with van der Waals surface area (Å²) in [5.41, 5.74) is 4.39. The molecule has 0 spiro atoms. The number of hydrogen-bond donors (Lipinski definition) is 0. The number of aromatic nitrogens is 4. The molecule has 2 aromatic heterocycles. The van der Waals surface area contributed by atoms with Crippen LogP contribution in [0.15, 0.2) is 53.0 Å². The Hall–Kier alpha value is -2.27. The van der Waals surface area contributed by atoms with Crippen molar-refractivity contribution in [1.82, 2.24) is 19.5 Å². The minimum atomic E-state index is 0.701. The van der Waals surface area contributed by atoms with Crippen LogP contribution in [0.5, 0.6) is 0 Å². The van der Waals surface area contributed by atoms with Gasteiger partial charge in [0.25, 0.3) is 0 Å². The number of hydrogen-bond acceptors (Lipinski definition) is 3. The average molecular weight is 367 g/mol. The number of halogens is 1. The van der Waals surface area contributed by atoms with Crippen LogP contribution in [-0.2, 0) is 6.54 Å². The molecule has 0 saturated carbocycles. The van der Waals surface area contributed by atoms with Gasteiger partial charge in [-0.15, -0.1) is 0 Å².